The van der Waals surface area contributed by atoms with E-state index in [2.05, 4.69) is 16.0 Å². The minimum atomic E-state index is -1.02. The zero-order valence-corrected chi connectivity index (χ0v) is 13.8. The van der Waals surface area contributed by atoms with Crippen molar-refractivity contribution in [3.63, 3.8) is 0 Å². The Morgan fingerprint density at radius 3 is 2.42 bits per heavy atom. The van der Waals surface area contributed by atoms with E-state index in [1.54, 1.807) is 36.5 Å². The summed E-state index contributed by atoms with van der Waals surface area (Å²) >= 11 is 0. The Labute approximate surface area is 149 Å². The lowest BCUT2D eigenvalue weighted by molar-refractivity contribution is 0.0697. The van der Waals surface area contributed by atoms with Gasteiger partial charge in [-0.1, -0.05) is 12.1 Å². The molecule has 2 aromatic heterocycles. The second kappa shape index (κ2) is 6.91. The Morgan fingerprint density at radius 2 is 1.88 bits per heavy atom. The van der Waals surface area contributed by atoms with E-state index in [0.29, 0.717) is 28.3 Å². The molecule has 0 aliphatic carbocycles. The number of hydrogen-bond acceptors (Lipinski definition) is 6. The average molecular weight is 346 g/mol. The average Bonchev–Trinajstić information content (AvgIpc) is 2.67. The standard InChI is InChI=1S/C19H14N4O3/c1-26-17-7-6-13(10-22-17)16-8-14(15(9-20)18(21)23-16)11-2-4-12(5-3-11)19(24)25/h2-8,10H,1H3,(H2,21,23)(H,24,25). The Bertz CT molecular complexity index is 1010. The molecule has 26 heavy (non-hydrogen) atoms. The van der Waals surface area contributed by atoms with E-state index in [-0.39, 0.29) is 16.9 Å². The van der Waals surface area contributed by atoms with Crippen molar-refractivity contribution in [3.05, 3.63) is 59.8 Å². The molecule has 7 heteroatoms. The van der Waals surface area contributed by atoms with Crippen LogP contribution in [0.2, 0.25) is 0 Å². The summed E-state index contributed by atoms with van der Waals surface area (Å²) in [6.07, 6.45) is 1.60. The van der Waals surface area contributed by atoms with E-state index in [0.717, 1.165) is 0 Å². The van der Waals surface area contributed by atoms with E-state index >= 15 is 0 Å². The predicted molar refractivity (Wildman–Crippen MR) is 95.5 cm³/mol. The number of carboxylic acids is 1. The third-order valence-electron chi connectivity index (χ3n) is 3.84. The summed E-state index contributed by atoms with van der Waals surface area (Å²) < 4.78 is 5.04. The molecule has 3 rings (SSSR count). The smallest absolute Gasteiger partial charge is 0.335 e. The van der Waals surface area contributed by atoms with E-state index in [1.165, 1.54) is 19.2 Å². The molecule has 0 aliphatic heterocycles. The lowest BCUT2D eigenvalue weighted by atomic mass is 9.98. The highest BCUT2D eigenvalue weighted by atomic mass is 16.5. The van der Waals surface area contributed by atoms with Crippen LogP contribution in [-0.4, -0.2) is 28.2 Å². The Kier molecular flexibility index (Phi) is 4.50. The van der Waals surface area contributed by atoms with Gasteiger partial charge in [-0.15, -0.1) is 0 Å². The van der Waals surface area contributed by atoms with Gasteiger partial charge in [0.2, 0.25) is 5.88 Å². The van der Waals surface area contributed by atoms with Crippen LogP contribution in [0.15, 0.2) is 48.7 Å². The summed E-state index contributed by atoms with van der Waals surface area (Å²) in [5.74, 6) is -0.450. The molecule has 0 unspecified atom stereocenters. The number of methoxy groups -OCH3 is 1. The first-order valence-electron chi connectivity index (χ1n) is 7.58. The molecule has 128 valence electrons. The van der Waals surface area contributed by atoms with Crippen molar-refractivity contribution in [2.75, 3.05) is 12.8 Å². The van der Waals surface area contributed by atoms with Crippen LogP contribution in [0.3, 0.4) is 0 Å². The first-order valence-corrected chi connectivity index (χ1v) is 7.58. The molecule has 3 aromatic rings. The third kappa shape index (κ3) is 3.16. The normalized spacial score (nSPS) is 10.2. The molecule has 0 atom stereocenters. The fourth-order valence-corrected chi connectivity index (χ4v) is 2.50. The van der Waals surface area contributed by atoms with E-state index < -0.39 is 5.97 Å². The first-order chi connectivity index (χ1) is 12.5. The van der Waals surface area contributed by atoms with Crippen molar-refractivity contribution in [1.82, 2.24) is 9.97 Å². The number of hydrogen-bond donors (Lipinski definition) is 2. The SMILES string of the molecule is COc1ccc(-c2cc(-c3ccc(C(=O)O)cc3)c(C#N)c(N)n2)cn1. The summed E-state index contributed by atoms with van der Waals surface area (Å²) in [6.45, 7) is 0. The highest BCUT2D eigenvalue weighted by Gasteiger charge is 2.14. The number of carboxylic acid groups (broad SMARTS) is 1. The molecule has 0 radical (unpaired) electrons. The monoisotopic (exact) mass is 346 g/mol. The zero-order valence-electron chi connectivity index (χ0n) is 13.8. The molecule has 1 aromatic carbocycles. The highest BCUT2D eigenvalue weighted by Crippen LogP contribution is 2.31. The molecule has 0 spiro atoms. The number of carbonyl (C=O) groups is 1. The van der Waals surface area contributed by atoms with Crippen LogP contribution < -0.4 is 10.5 Å². The van der Waals surface area contributed by atoms with Gasteiger partial charge in [-0.25, -0.2) is 14.8 Å². The number of nitrogens with zero attached hydrogens (tertiary/aromatic N) is 3. The maximum Gasteiger partial charge on any atom is 0.335 e. The Balaban J connectivity index is 2.12. The fourth-order valence-electron chi connectivity index (χ4n) is 2.50. The number of nitrogens with two attached hydrogens (primary N) is 1. The summed E-state index contributed by atoms with van der Waals surface area (Å²) in [5.41, 5.74) is 8.87. The largest absolute Gasteiger partial charge is 0.481 e. The maximum absolute atomic E-state index is 11.0. The number of nitriles is 1. The second-order valence-corrected chi connectivity index (χ2v) is 5.40. The molecule has 0 aliphatic rings. The number of ether oxygens (including phenoxy) is 1. The van der Waals surface area contributed by atoms with E-state index in [1.807, 2.05) is 0 Å². The summed E-state index contributed by atoms with van der Waals surface area (Å²) in [4.78, 5) is 19.4. The molecule has 0 saturated heterocycles. The number of aromatic nitrogens is 2. The number of nitrogen functional groups attached to an aromatic ring is 1. The number of benzene rings is 1. The lowest BCUT2D eigenvalue weighted by Gasteiger charge is -2.10. The summed E-state index contributed by atoms with van der Waals surface area (Å²) in [7, 11) is 1.53. The summed E-state index contributed by atoms with van der Waals surface area (Å²) in [6, 6.07) is 13.5. The predicted octanol–water partition coefficient (Wildman–Crippen LogP) is 2.97. The van der Waals surface area contributed by atoms with Gasteiger partial charge in [0.15, 0.2) is 0 Å². The number of aromatic carboxylic acids is 1. The van der Waals surface area contributed by atoms with Crippen LogP contribution in [0.25, 0.3) is 22.4 Å². The van der Waals surface area contributed by atoms with E-state index in [4.69, 9.17) is 15.6 Å². The first kappa shape index (κ1) is 16.9. The number of rotatable bonds is 4. The molecule has 0 amide bonds. The van der Waals surface area contributed by atoms with Crippen LogP contribution in [-0.2, 0) is 0 Å². The van der Waals surface area contributed by atoms with Gasteiger partial charge in [-0.3, -0.25) is 0 Å². The number of pyridine rings is 2. The second-order valence-electron chi connectivity index (χ2n) is 5.40. The van der Waals surface area contributed by atoms with Crippen molar-refractivity contribution < 1.29 is 14.6 Å². The highest BCUT2D eigenvalue weighted by molar-refractivity contribution is 5.89. The van der Waals surface area contributed by atoms with Gasteiger partial charge in [0.05, 0.1) is 18.4 Å². The van der Waals surface area contributed by atoms with Crippen LogP contribution in [0.5, 0.6) is 5.88 Å². The van der Waals surface area contributed by atoms with Gasteiger partial charge >= 0.3 is 5.97 Å². The third-order valence-corrected chi connectivity index (χ3v) is 3.84. The van der Waals surface area contributed by atoms with Gasteiger partial charge in [-0.2, -0.15) is 5.26 Å². The van der Waals surface area contributed by atoms with Crippen molar-refractivity contribution in [2.45, 2.75) is 0 Å². The van der Waals surface area contributed by atoms with Crippen molar-refractivity contribution in [2.24, 2.45) is 0 Å². The van der Waals surface area contributed by atoms with Crippen LogP contribution in [0.4, 0.5) is 5.82 Å². The minimum absolute atomic E-state index is 0.0955. The van der Waals surface area contributed by atoms with E-state index in [9.17, 15) is 10.1 Å². The van der Waals surface area contributed by atoms with Crippen molar-refractivity contribution >= 4 is 11.8 Å². The fraction of sp³-hybridized carbons (Fsp3) is 0.0526. The molecule has 0 saturated carbocycles. The van der Waals surface area contributed by atoms with Gasteiger partial charge < -0.3 is 15.6 Å². The maximum atomic E-state index is 11.0. The molecular weight excluding hydrogens is 332 g/mol. The van der Waals surface area contributed by atoms with Crippen LogP contribution in [0, 0.1) is 11.3 Å². The van der Waals surface area contributed by atoms with Gasteiger partial charge in [0.25, 0.3) is 0 Å². The van der Waals surface area contributed by atoms with Crippen LogP contribution >= 0.6 is 0 Å². The quantitative estimate of drug-likeness (QED) is 0.744. The zero-order chi connectivity index (χ0) is 18.7. The molecule has 0 bridgehead atoms. The van der Waals surface area contributed by atoms with Crippen molar-refractivity contribution in [3.8, 4) is 34.3 Å². The molecule has 2 heterocycles. The molecule has 0 fully saturated rings. The number of anilines is 1. The van der Waals surface area contributed by atoms with Crippen molar-refractivity contribution in [1.29, 1.82) is 5.26 Å². The summed E-state index contributed by atoms with van der Waals surface area (Å²) in [5, 5.41) is 18.5. The topological polar surface area (TPSA) is 122 Å². The van der Waals surface area contributed by atoms with Gasteiger partial charge in [0.1, 0.15) is 17.5 Å². The Morgan fingerprint density at radius 1 is 1.19 bits per heavy atom. The molecule has 7 nitrogen and oxygen atoms in total. The minimum Gasteiger partial charge on any atom is -0.481 e. The van der Waals surface area contributed by atoms with Gasteiger partial charge in [-0.05, 0) is 29.8 Å². The van der Waals surface area contributed by atoms with Gasteiger partial charge in [0, 0.05) is 23.4 Å². The lowest BCUT2D eigenvalue weighted by Crippen LogP contribution is -2.00. The van der Waals surface area contributed by atoms with Crippen LogP contribution in [0.1, 0.15) is 15.9 Å². The molecule has 3 N–H and O–H groups in total. The Hall–Kier alpha value is -3.92. The molecular formula is C19H14N4O3.